The molecule has 4 heteroatoms. The molecule has 1 aromatic carbocycles. The van der Waals surface area contributed by atoms with Crippen molar-refractivity contribution in [3.05, 3.63) is 35.4 Å². The minimum Gasteiger partial charge on any atom is -0.356 e. The van der Waals surface area contributed by atoms with Crippen molar-refractivity contribution >= 4 is 17.7 Å². The van der Waals surface area contributed by atoms with Crippen molar-refractivity contribution in [2.75, 3.05) is 24.6 Å². The zero-order valence-electron chi connectivity index (χ0n) is 12.2. The molecule has 0 saturated heterocycles. The van der Waals surface area contributed by atoms with Crippen LogP contribution >= 0.6 is 11.8 Å². The minimum absolute atomic E-state index is 0.147. The summed E-state index contributed by atoms with van der Waals surface area (Å²) in [5.41, 5.74) is 2.86. The first-order valence-electron chi connectivity index (χ1n) is 7.47. The van der Waals surface area contributed by atoms with Gasteiger partial charge in [0.15, 0.2) is 0 Å². The van der Waals surface area contributed by atoms with Crippen LogP contribution in [0, 0.1) is 0 Å². The first kappa shape index (κ1) is 15.4. The van der Waals surface area contributed by atoms with Gasteiger partial charge in [-0.1, -0.05) is 31.2 Å². The number of benzene rings is 1. The molecular formula is C16H24N2OS. The molecule has 2 N–H and O–H groups in total. The van der Waals surface area contributed by atoms with Crippen LogP contribution in [0.3, 0.4) is 0 Å². The molecule has 1 aromatic rings. The number of carbonyl (C=O) groups is 1. The van der Waals surface area contributed by atoms with Gasteiger partial charge < -0.3 is 10.6 Å². The van der Waals surface area contributed by atoms with Crippen LogP contribution in [-0.2, 0) is 11.2 Å². The van der Waals surface area contributed by atoms with Gasteiger partial charge >= 0.3 is 0 Å². The topological polar surface area (TPSA) is 41.1 Å². The second-order valence-corrected chi connectivity index (χ2v) is 6.28. The quantitative estimate of drug-likeness (QED) is 0.846. The number of hydrogen-bond acceptors (Lipinski definition) is 3. The molecule has 0 saturated carbocycles. The second kappa shape index (κ2) is 8.32. The third-order valence-corrected chi connectivity index (χ3v) is 4.61. The average Bonchev–Trinajstić information content (AvgIpc) is 2.68. The molecule has 3 nitrogen and oxygen atoms in total. The van der Waals surface area contributed by atoms with E-state index in [-0.39, 0.29) is 5.91 Å². The van der Waals surface area contributed by atoms with E-state index in [4.69, 9.17) is 0 Å². The lowest BCUT2D eigenvalue weighted by atomic mass is 9.99. The molecule has 110 valence electrons. The van der Waals surface area contributed by atoms with E-state index in [1.807, 2.05) is 11.8 Å². The normalized spacial score (nSPS) is 18.1. The van der Waals surface area contributed by atoms with Gasteiger partial charge in [-0.05, 0) is 29.7 Å². The van der Waals surface area contributed by atoms with E-state index in [1.54, 1.807) is 0 Å². The Morgan fingerprint density at radius 2 is 2.20 bits per heavy atom. The van der Waals surface area contributed by atoms with Crippen LogP contribution in [0.5, 0.6) is 0 Å². The standard InChI is InChI=1S/C16H24N2OS/c1-2-9-18-16(19)7-10-17-15-12-20-11-8-13-5-3-4-6-14(13)15/h3-6,15,17H,2,7-12H2,1H3,(H,18,19)/t15-/m1/s1. The van der Waals surface area contributed by atoms with Gasteiger partial charge in [-0.2, -0.15) is 11.8 Å². The Morgan fingerprint density at radius 3 is 3.05 bits per heavy atom. The maximum absolute atomic E-state index is 11.6. The zero-order valence-corrected chi connectivity index (χ0v) is 13.0. The fourth-order valence-corrected chi connectivity index (χ4v) is 3.52. The van der Waals surface area contributed by atoms with E-state index in [2.05, 4.69) is 41.8 Å². The number of amides is 1. The number of fused-ring (bicyclic) bond motifs is 1. The van der Waals surface area contributed by atoms with Crippen molar-refractivity contribution in [1.82, 2.24) is 10.6 Å². The van der Waals surface area contributed by atoms with Crippen molar-refractivity contribution in [3.8, 4) is 0 Å². The first-order valence-corrected chi connectivity index (χ1v) is 8.62. The number of carbonyl (C=O) groups excluding carboxylic acids is 1. The summed E-state index contributed by atoms with van der Waals surface area (Å²) in [5.74, 6) is 2.42. The lowest BCUT2D eigenvalue weighted by Gasteiger charge is -2.18. The highest BCUT2D eigenvalue weighted by atomic mass is 32.2. The van der Waals surface area contributed by atoms with E-state index < -0.39 is 0 Å². The molecule has 1 aliphatic heterocycles. The van der Waals surface area contributed by atoms with Crippen LogP contribution in [0.4, 0.5) is 0 Å². The summed E-state index contributed by atoms with van der Waals surface area (Å²) in [6.45, 7) is 3.59. The van der Waals surface area contributed by atoms with E-state index in [0.717, 1.165) is 31.7 Å². The molecule has 1 heterocycles. The highest BCUT2D eigenvalue weighted by molar-refractivity contribution is 7.99. The lowest BCUT2D eigenvalue weighted by molar-refractivity contribution is -0.121. The molecular weight excluding hydrogens is 268 g/mol. The third-order valence-electron chi connectivity index (χ3n) is 3.55. The Labute approximate surface area is 125 Å². The highest BCUT2D eigenvalue weighted by Crippen LogP contribution is 2.27. The molecule has 0 unspecified atom stereocenters. The van der Waals surface area contributed by atoms with E-state index >= 15 is 0 Å². The number of thioether (sulfide) groups is 1. The fraction of sp³-hybridized carbons (Fsp3) is 0.562. The van der Waals surface area contributed by atoms with Gasteiger partial charge in [0.05, 0.1) is 0 Å². The van der Waals surface area contributed by atoms with Gasteiger partial charge in [-0.15, -0.1) is 0 Å². The van der Waals surface area contributed by atoms with Crippen molar-refractivity contribution in [1.29, 1.82) is 0 Å². The predicted octanol–water partition coefficient (Wildman–Crippen LogP) is 2.52. The Hall–Kier alpha value is -1.00. The molecule has 20 heavy (non-hydrogen) atoms. The molecule has 1 atom stereocenters. The Kier molecular flexibility index (Phi) is 6.40. The second-order valence-electron chi connectivity index (χ2n) is 5.13. The van der Waals surface area contributed by atoms with Crippen LogP contribution in [0.15, 0.2) is 24.3 Å². The van der Waals surface area contributed by atoms with Crippen LogP contribution in [0.25, 0.3) is 0 Å². The van der Waals surface area contributed by atoms with Crippen molar-refractivity contribution < 1.29 is 4.79 Å². The van der Waals surface area contributed by atoms with E-state index in [9.17, 15) is 4.79 Å². The molecule has 0 spiro atoms. The SMILES string of the molecule is CCCNC(=O)CCN[C@@H]1CSCCc2ccccc21. The van der Waals surface area contributed by atoms with Crippen LogP contribution < -0.4 is 10.6 Å². The first-order chi connectivity index (χ1) is 9.81. The monoisotopic (exact) mass is 292 g/mol. The van der Waals surface area contributed by atoms with Crippen molar-refractivity contribution in [2.24, 2.45) is 0 Å². The number of nitrogens with one attached hydrogen (secondary N) is 2. The van der Waals surface area contributed by atoms with Gasteiger partial charge in [-0.3, -0.25) is 4.79 Å². The molecule has 0 fully saturated rings. The maximum atomic E-state index is 11.6. The molecule has 0 aliphatic carbocycles. The molecule has 1 amide bonds. The minimum atomic E-state index is 0.147. The van der Waals surface area contributed by atoms with E-state index in [1.165, 1.54) is 16.9 Å². The molecule has 0 bridgehead atoms. The van der Waals surface area contributed by atoms with Gasteiger partial charge in [0, 0.05) is 31.3 Å². The van der Waals surface area contributed by atoms with E-state index in [0.29, 0.717) is 12.5 Å². The molecule has 1 aliphatic rings. The van der Waals surface area contributed by atoms with Crippen molar-refractivity contribution in [3.63, 3.8) is 0 Å². The maximum Gasteiger partial charge on any atom is 0.221 e. The largest absolute Gasteiger partial charge is 0.356 e. The molecule has 0 aromatic heterocycles. The van der Waals surface area contributed by atoms with Crippen LogP contribution in [-0.4, -0.2) is 30.5 Å². The molecule has 0 radical (unpaired) electrons. The number of rotatable bonds is 6. The molecule has 2 rings (SSSR count). The fourth-order valence-electron chi connectivity index (χ4n) is 2.46. The summed E-state index contributed by atoms with van der Waals surface area (Å²) in [7, 11) is 0. The summed E-state index contributed by atoms with van der Waals surface area (Å²) in [6.07, 6.45) is 2.70. The summed E-state index contributed by atoms with van der Waals surface area (Å²) >= 11 is 1.99. The van der Waals surface area contributed by atoms with Crippen LogP contribution in [0.1, 0.15) is 36.9 Å². The van der Waals surface area contributed by atoms with Gasteiger partial charge in [0.1, 0.15) is 0 Å². The number of hydrogen-bond donors (Lipinski definition) is 2. The summed E-state index contributed by atoms with van der Waals surface area (Å²) in [6, 6.07) is 9.04. The lowest BCUT2D eigenvalue weighted by Crippen LogP contribution is -2.30. The summed E-state index contributed by atoms with van der Waals surface area (Å²) in [4.78, 5) is 11.6. The van der Waals surface area contributed by atoms with Crippen molar-refractivity contribution in [2.45, 2.75) is 32.2 Å². The smallest absolute Gasteiger partial charge is 0.221 e. The highest BCUT2D eigenvalue weighted by Gasteiger charge is 2.18. The van der Waals surface area contributed by atoms with Gasteiger partial charge in [0.25, 0.3) is 0 Å². The third kappa shape index (κ3) is 4.53. The van der Waals surface area contributed by atoms with Crippen LogP contribution in [0.2, 0.25) is 0 Å². The Morgan fingerprint density at radius 1 is 1.35 bits per heavy atom. The summed E-state index contributed by atoms with van der Waals surface area (Å²) in [5, 5.41) is 6.46. The Balaban J connectivity index is 1.85. The summed E-state index contributed by atoms with van der Waals surface area (Å²) < 4.78 is 0. The Bertz CT molecular complexity index is 436. The van der Waals surface area contributed by atoms with Gasteiger partial charge in [0.2, 0.25) is 5.91 Å². The average molecular weight is 292 g/mol. The number of aryl methyl sites for hydroxylation is 1. The van der Waals surface area contributed by atoms with Gasteiger partial charge in [-0.25, -0.2) is 0 Å². The zero-order chi connectivity index (χ0) is 14.2. The predicted molar refractivity (Wildman–Crippen MR) is 86.1 cm³/mol.